The number of fused-ring (bicyclic) bond motifs is 1. The van der Waals surface area contributed by atoms with Crippen LogP contribution in [0.15, 0.2) is 42.5 Å². The lowest BCUT2D eigenvalue weighted by atomic mass is 9.74. The Balaban J connectivity index is 1.47. The van der Waals surface area contributed by atoms with Gasteiger partial charge in [0.1, 0.15) is 5.75 Å². The molecule has 5 nitrogen and oxygen atoms in total. The molecule has 170 valence electrons. The number of hydrogen-bond acceptors (Lipinski definition) is 3. The second-order valence-electron chi connectivity index (χ2n) is 8.75. The third-order valence-electron chi connectivity index (χ3n) is 6.63. The molecule has 0 radical (unpaired) electrons. The van der Waals surface area contributed by atoms with Gasteiger partial charge in [-0.25, -0.2) is 0 Å². The minimum absolute atomic E-state index is 0.0221. The van der Waals surface area contributed by atoms with E-state index in [9.17, 15) is 9.59 Å². The van der Waals surface area contributed by atoms with Gasteiger partial charge in [-0.1, -0.05) is 48.2 Å². The number of benzene rings is 2. The number of likely N-dealkylation sites (tertiary alicyclic amines) is 1. The first-order valence-corrected chi connectivity index (χ1v) is 12.0. The number of piperidine rings is 1. The third-order valence-corrected chi connectivity index (χ3v) is 7.20. The largest absolute Gasteiger partial charge is 0.493 e. The van der Waals surface area contributed by atoms with Crippen molar-refractivity contribution in [2.45, 2.75) is 38.5 Å². The molecule has 32 heavy (non-hydrogen) atoms. The highest BCUT2D eigenvalue weighted by atomic mass is 35.5. The summed E-state index contributed by atoms with van der Waals surface area (Å²) >= 11 is 12.4. The van der Waals surface area contributed by atoms with Crippen LogP contribution in [0.1, 0.15) is 59.2 Å². The number of nitrogens with one attached hydrogen (secondary N) is 1. The van der Waals surface area contributed by atoms with Crippen molar-refractivity contribution in [1.82, 2.24) is 10.2 Å². The zero-order chi connectivity index (χ0) is 22.6. The fourth-order valence-corrected chi connectivity index (χ4v) is 5.02. The molecule has 2 aromatic carbocycles. The molecule has 1 N–H and O–H groups in total. The molecule has 4 rings (SSSR count). The monoisotopic (exact) mass is 474 g/mol. The average Bonchev–Trinajstić information content (AvgIpc) is 2.80. The van der Waals surface area contributed by atoms with Crippen LogP contribution >= 0.6 is 23.2 Å². The molecule has 2 heterocycles. The van der Waals surface area contributed by atoms with E-state index in [0.717, 1.165) is 38.5 Å². The summed E-state index contributed by atoms with van der Waals surface area (Å²) < 4.78 is 5.84. The second kappa shape index (κ2) is 10.1. The quantitative estimate of drug-likeness (QED) is 0.584. The molecule has 0 bridgehead atoms. The van der Waals surface area contributed by atoms with Gasteiger partial charge in [0.15, 0.2) is 0 Å². The Labute approximate surface area is 199 Å². The summed E-state index contributed by atoms with van der Waals surface area (Å²) in [6.45, 7) is 2.47. The Bertz CT molecular complexity index is 987. The van der Waals surface area contributed by atoms with Gasteiger partial charge in [0.05, 0.1) is 22.8 Å². The van der Waals surface area contributed by atoms with Crippen molar-refractivity contribution in [3.05, 3.63) is 63.6 Å². The Morgan fingerprint density at radius 3 is 2.56 bits per heavy atom. The molecule has 2 aliphatic rings. The number of carbonyl (C=O) groups is 2. The summed E-state index contributed by atoms with van der Waals surface area (Å²) in [5, 5.41) is 4.12. The van der Waals surface area contributed by atoms with Crippen LogP contribution in [-0.4, -0.2) is 43.0 Å². The summed E-state index contributed by atoms with van der Waals surface area (Å²) in [5.41, 5.74) is 0.997. The van der Waals surface area contributed by atoms with Crippen molar-refractivity contribution in [3.63, 3.8) is 0 Å². The number of rotatable bonds is 1. The minimum Gasteiger partial charge on any atom is -0.493 e. The zero-order valence-corrected chi connectivity index (χ0v) is 19.6. The van der Waals surface area contributed by atoms with Gasteiger partial charge in [-0.3, -0.25) is 9.59 Å². The maximum atomic E-state index is 13.0. The normalized spacial score (nSPS) is 19.2. The van der Waals surface area contributed by atoms with E-state index in [4.69, 9.17) is 27.9 Å². The zero-order valence-electron chi connectivity index (χ0n) is 18.0. The molecule has 0 atom stereocenters. The average molecular weight is 475 g/mol. The smallest absolute Gasteiger partial charge is 0.255 e. The minimum atomic E-state index is -0.169. The molecule has 0 aliphatic carbocycles. The molecule has 2 amide bonds. The number of hydrogen-bond donors (Lipinski definition) is 1. The van der Waals surface area contributed by atoms with E-state index in [1.54, 1.807) is 30.3 Å². The summed E-state index contributed by atoms with van der Waals surface area (Å²) in [6.07, 6.45) is 5.80. The lowest BCUT2D eigenvalue weighted by Gasteiger charge is -2.42. The van der Waals surface area contributed by atoms with Crippen LogP contribution in [0, 0.1) is 5.41 Å². The molecular formula is C25H28Cl2N2O3. The number of halogens is 2. The SMILES string of the molecule is O=C1NCC2(CCCCCOc3ccc(Cl)cc31)CCN(C(=O)c1ccccc1Cl)CC2. The van der Waals surface area contributed by atoms with Crippen LogP contribution in [0.4, 0.5) is 0 Å². The van der Waals surface area contributed by atoms with E-state index < -0.39 is 0 Å². The van der Waals surface area contributed by atoms with Gasteiger partial charge < -0.3 is 15.0 Å². The number of nitrogens with zero attached hydrogens (tertiary/aromatic N) is 1. The van der Waals surface area contributed by atoms with E-state index in [-0.39, 0.29) is 17.2 Å². The van der Waals surface area contributed by atoms with Crippen LogP contribution in [0.3, 0.4) is 0 Å². The number of carbonyl (C=O) groups excluding carboxylic acids is 2. The van der Waals surface area contributed by atoms with E-state index in [1.165, 1.54) is 0 Å². The third kappa shape index (κ3) is 5.21. The van der Waals surface area contributed by atoms with Crippen LogP contribution in [0.2, 0.25) is 10.0 Å². The lowest BCUT2D eigenvalue weighted by Crippen LogP contribution is -2.48. The highest BCUT2D eigenvalue weighted by Crippen LogP contribution is 2.37. The molecule has 1 spiro atoms. The standard InChI is InChI=1S/C25H28Cl2N2O3/c26-18-8-9-22-20(16-18)23(30)28-17-25(10-4-1-5-15-32-22)11-13-29(14-12-25)24(31)19-6-2-3-7-21(19)27/h2-3,6-9,16H,1,4-5,10-15,17H2,(H,28,30). The van der Waals surface area contributed by atoms with Gasteiger partial charge in [-0.2, -0.15) is 0 Å². The predicted molar refractivity (Wildman–Crippen MR) is 127 cm³/mol. The van der Waals surface area contributed by atoms with E-state index in [1.807, 2.05) is 17.0 Å². The van der Waals surface area contributed by atoms with Crippen LogP contribution in [-0.2, 0) is 0 Å². The molecule has 7 heteroatoms. The maximum Gasteiger partial charge on any atom is 0.255 e. The number of ether oxygens (including phenoxy) is 1. The Morgan fingerprint density at radius 2 is 1.78 bits per heavy atom. The highest BCUT2D eigenvalue weighted by Gasteiger charge is 2.36. The Kier molecular flexibility index (Phi) is 7.27. The predicted octanol–water partition coefficient (Wildman–Crippen LogP) is 5.60. The Hall–Kier alpha value is -2.24. The van der Waals surface area contributed by atoms with Gasteiger partial charge >= 0.3 is 0 Å². The fraction of sp³-hybridized carbons (Fsp3) is 0.440. The van der Waals surface area contributed by atoms with Crippen molar-refractivity contribution < 1.29 is 14.3 Å². The summed E-state index contributed by atoms with van der Waals surface area (Å²) in [6, 6.07) is 12.3. The first-order valence-electron chi connectivity index (χ1n) is 11.2. The molecule has 0 saturated carbocycles. The molecule has 2 aliphatic heterocycles. The number of amides is 2. The van der Waals surface area contributed by atoms with E-state index in [2.05, 4.69) is 5.32 Å². The lowest BCUT2D eigenvalue weighted by molar-refractivity contribution is 0.0533. The van der Waals surface area contributed by atoms with Crippen molar-refractivity contribution in [1.29, 1.82) is 0 Å². The second-order valence-corrected chi connectivity index (χ2v) is 9.60. The molecular weight excluding hydrogens is 447 g/mol. The highest BCUT2D eigenvalue weighted by molar-refractivity contribution is 6.33. The van der Waals surface area contributed by atoms with Crippen LogP contribution in [0.5, 0.6) is 5.75 Å². The van der Waals surface area contributed by atoms with Gasteiger partial charge in [0, 0.05) is 24.7 Å². The maximum absolute atomic E-state index is 13.0. The molecule has 1 fully saturated rings. The van der Waals surface area contributed by atoms with E-state index >= 15 is 0 Å². The van der Waals surface area contributed by atoms with E-state index in [0.29, 0.717) is 53.2 Å². The van der Waals surface area contributed by atoms with Crippen LogP contribution in [0.25, 0.3) is 0 Å². The van der Waals surface area contributed by atoms with Crippen LogP contribution < -0.4 is 10.1 Å². The molecule has 0 unspecified atom stereocenters. The first kappa shape index (κ1) is 22.9. The summed E-state index contributed by atoms with van der Waals surface area (Å²) in [7, 11) is 0. The Morgan fingerprint density at radius 1 is 1.00 bits per heavy atom. The fourth-order valence-electron chi connectivity index (χ4n) is 4.63. The molecule has 0 aromatic heterocycles. The van der Waals surface area contributed by atoms with Crippen molar-refractivity contribution in [2.75, 3.05) is 26.2 Å². The van der Waals surface area contributed by atoms with Gasteiger partial charge in [0.2, 0.25) is 0 Å². The summed E-state index contributed by atoms with van der Waals surface area (Å²) in [5.74, 6) is 0.377. The van der Waals surface area contributed by atoms with Gasteiger partial charge in [-0.05, 0) is 61.4 Å². The molecule has 2 aromatic rings. The molecule has 1 saturated heterocycles. The topological polar surface area (TPSA) is 58.6 Å². The summed E-state index contributed by atoms with van der Waals surface area (Å²) in [4.78, 5) is 27.8. The van der Waals surface area contributed by atoms with Crippen molar-refractivity contribution in [3.8, 4) is 5.75 Å². The first-order chi connectivity index (χ1) is 15.5. The van der Waals surface area contributed by atoms with Gasteiger partial charge in [-0.15, -0.1) is 0 Å². The van der Waals surface area contributed by atoms with Crippen molar-refractivity contribution in [2.24, 2.45) is 5.41 Å². The van der Waals surface area contributed by atoms with Gasteiger partial charge in [0.25, 0.3) is 11.8 Å². The van der Waals surface area contributed by atoms with Crippen molar-refractivity contribution >= 4 is 35.0 Å².